The lowest BCUT2D eigenvalue weighted by atomic mass is 10.2. The van der Waals surface area contributed by atoms with Gasteiger partial charge in [0.15, 0.2) is 0 Å². The van der Waals surface area contributed by atoms with E-state index in [1.807, 2.05) is 0 Å². The molecule has 0 saturated heterocycles. The maximum Gasteiger partial charge on any atom is 0.471 e. The topological polar surface area (TPSA) is 129 Å². The lowest BCUT2D eigenvalue weighted by Gasteiger charge is -2.20. The summed E-state index contributed by atoms with van der Waals surface area (Å²) in [5.74, 6) is -0.532. The van der Waals surface area contributed by atoms with E-state index in [4.69, 9.17) is 33.0 Å². The van der Waals surface area contributed by atoms with Crippen molar-refractivity contribution in [1.82, 2.24) is 9.62 Å². The number of halogens is 2. The van der Waals surface area contributed by atoms with Crippen LogP contribution in [0.1, 0.15) is 15.9 Å². The third-order valence-corrected chi connectivity index (χ3v) is 5.08. The molecule has 0 bridgehead atoms. The summed E-state index contributed by atoms with van der Waals surface area (Å²) in [7, 11) is -4.73. The summed E-state index contributed by atoms with van der Waals surface area (Å²) in [6.45, 7) is -0.619. The molecular weight excluding hydrogens is 476 g/mol. The van der Waals surface area contributed by atoms with Crippen LogP contribution in [-0.2, 0) is 15.6 Å². The van der Waals surface area contributed by atoms with Crippen LogP contribution in [0.4, 0.5) is 4.79 Å². The molecule has 2 aromatic rings. The predicted molar refractivity (Wildman–Crippen MR) is 115 cm³/mol. The van der Waals surface area contributed by atoms with Gasteiger partial charge < -0.3 is 15.1 Å². The number of phosphoric acid groups is 1. The number of benzene rings is 2. The van der Waals surface area contributed by atoms with Gasteiger partial charge in [-0.15, -0.1) is 0 Å². The molecule has 0 aliphatic carbocycles. The Hall–Kier alpha value is -1.91. The fourth-order valence-corrected chi connectivity index (χ4v) is 3.10. The van der Waals surface area contributed by atoms with Crippen molar-refractivity contribution in [1.29, 1.82) is 0 Å². The van der Waals surface area contributed by atoms with E-state index in [2.05, 4.69) is 14.8 Å². The third-order valence-electron chi connectivity index (χ3n) is 3.36. The lowest BCUT2D eigenvalue weighted by molar-refractivity contribution is 0.100. The van der Waals surface area contributed by atoms with E-state index in [0.717, 1.165) is 17.5 Å². The van der Waals surface area contributed by atoms with Crippen molar-refractivity contribution >= 4 is 60.5 Å². The third kappa shape index (κ3) is 8.85. The highest BCUT2D eigenvalue weighted by Gasteiger charge is 2.18. The number of carbonyl (C=O) groups excluding carboxylic acids is 2. The molecule has 0 aliphatic rings. The Morgan fingerprint density at radius 3 is 2.23 bits per heavy atom. The highest BCUT2D eigenvalue weighted by molar-refractivity contribution is 8.10. The fraction of sp³-hybridized carbons (Fsp3) is 0.118. The number of hydrogen-bond donors (Lipinski definition) is 3. The van der Waals surface area contributed by atoms with Crippen LogP contribution < -0.4 is 5.32 Å². The number of urea groups is 1. The van der Waals surface area contributed by atoms with Crippen molar-refractivity contribution in [3.63, 3.8) is 0 Å². The molecular formula is C17H16Cl2N3O6PS. The van der Waals surface area contributed by atoms with E-state index >= 15 is 0 Å². The van der Waals surface area contributed by atoms with E-state index in [9.17, 15) is 14.2 Å². The molecule has 0 saturated carbocycles. The highest BCUT2D eigenvalue weighted by atomic mass is 35.5. The van der Waals surface area contributed by atoms with Gasteiger partial charge >= 0.3 is 13.9 Å². The SMILES string of the molecule is O=C(/N=C/SN(Cc1ccc(Cl)cc1)C(=O)NCOP(=O)(O)O)c1ccc(Cl)cc1. The van der Waals surface area contributed by atoms with Gasteiger partial charge in [0, 0.05) is 27.6 Å². The standard InChI is InChI=1S/C17H16Cl2N3O6PS/c18-14-5-1-12(2-6-14)9-22(17(24)20-10-28-29(25,26)27)30-11-21-16(23)13-3-7-15(19)8-4-13/h1-8,11H,9-10H2,(H,20,24)(H2,25,26,27)/b21-11+. The second kappa shape index (κ2) is 11.5. The van der Waals surface area contributed by atoms with E-state index in [-0.39, 0.29) is 6.54 Å². The van der Waals surface area contributed by atoms with E-state index in [0.29, 0.717) is 15.6 Å². The van der Waals surface area contributed by atoms with Crippen molar-refractivity contribution in [2.75, 3.05) is 6.73 Å². The van der Waals surface area contributed by atoms with Gasteiger partial charge in [0.25, 0.3) is 5.91 Å². The Balaban J connectivity index is 2.04. The molecule has 3 amide bonds. The summed E-state index contributed by atoms with van der Waals surface area (Å²) in [4.78, 5) is 45.6. The Labute approximate surface area is 186 Å². The normalized spacial score (nSPS) is 11.5. The lowest BCUT2D eigenvalue weighted by Crippen LogP contribution is -2.36. The van der Waals surface area contributed by atoms with Crippen LogP contribution in [0.25, 0.3) is 0 Å². The Morgan fingerprint density at radius 1 is 1.10 bits per heavy atom. The van der Waals surface area contributed by atoms with Crippen molar-refractivity contribution in [3.05, 3.63) is 69.7 Å². The van der Waals surface area contributed by atoms with Crippen LogP contribution in [-0.4, -0.2) is 38.3 Å². The molecule has 9 nitrogen and oxygen atoms in total. The molecule has 0 atom stereocenters. The number of aliphatic imine (C=N–C) groups is 1. The van der Waals surface area contributed by atoms with Crippen molar-refractivity contribution in [2.45, 2.75) is 6.54 Å². The number of carbonyl (C=O) groups is 2. The summed E-state index contributed by atoms with van der Waals surface area (Å²) in [6.07, 6.45) is 0. The van der Waals surface area contributed by atoms with Crippen LogP contribution in [0.5, 0.6) is 0 Å². The predicted octanol–water partition coefficient (Wildman–Crippen LogP) is 4.09. The number of rotatable bonds is 8. The molecule has 0 fully saturated rings. The number of nitrogens with zero attached hydrogens (tertiary/aromatic N) is 2. The van der Waals surface area contributed by atoms with Crippen LogP contribution >= 0.6 is 43.0 Å². The fourth-order valence-electron chi connectivity index (χ4n) is 1.97. The van der Waals surface area contributed by atoms with Crippen molar-refractivity contribution < 1.29 is 28.5 Å². The Morgan fingerprint density at radius 2 is 1.67 bits per heavy atom. The summed E-state index contributed by atoms with van der Waals surface area (Å²) < 4.78 is 16.1. The largest absolute Gasteiger partial charge is 0.471 e. The highest BCUT2D eigenvalue weighted by Crippen LogP contribution is 2.34. The van der Waals surface area contributed by atoms with Gasteiger partial charge in [-0.3, -0.25) is 13.6 Å². The molecule has 30 heavy (non-hydrogen) atoms. The van der Waals surface area contributed by atoms with E-state index < -0.39 is 26.5 Å². The number of phosphoric ester groups is 1. The zero-order valence-corrected chi connectivity index (χ0v) is 18.4. The minimum Gasteiger partial charge on any atom is -0.314 e. The molecule has 0 aliphatic heterocycles. The second-order valence-electron chi connectivity index (χ2n) is 5.56. The number of amides is 3. The first-order valence-corrected chi connectivity index (χ1v) is 11.3. The van der Waals surface area contributed by atoms with E-state index in [1.165, 1.54) is 22.0 Å². The smallest absolute Gasteiger partial charge is 0.314 e. The first kappa shape index (κ1) is 24.4. The molecule has 2 rings (SSSR count). The molecule has 0 aromatic heterocycles. The molecule has 2 aromatic carbocycles. The van der Waals surface area contributed by atoms with Gasteiger partial charge in [-0.05, 0) is 42.0 Å². The molecule has 0 heterocycles. The summed E-state index contributed by atoms with van der Waals surface area (Å²) in [5, 5.41) is 3.21. The average Bonchev–Trinajstić information content (AvgIpc) is 2.68. The zero-order chi connectivity index (χ0) is 22.1. The zero-order valence-electron chi connectivity index (χ0n) is 15.1. The molecule has 3 N–H and O–H groups in total. The summed E-state index contributed by atoms with van der Waals surface area (Å²) >= 11 is 12.4. The molecule has 160 valence electrons. The Kier molecular flexibility index (Phi) is 9.32. The first-order chi connectivity index (χ1) is 14.1. The summed E-state index contributed by atoms with van der Waals surface area (Å²) in [5.41, 5.74) is 2.21. The van der Waals surface area contributed by atoms with Gasteiger partial charge in [-0.1, -0.05) is 35.3 Å². The van der Waals surface area contributed by atoms with Crippen LogP contribution in [0.3, 0.4) is 0 Å². The van der Waals surface area contributed by atoms with Gasteiger partial charge in [0.05, 0.1) is 12.1 Å². The molecule has 0 radical (unpaired) electrons. The van der Waals surface area contributed by atoms with Crippen molar-refractivity contribution in [2.24, 2.45) is 4.99 Å². The monoisotopic (exact) mass is 491 g/mol. The maximum atomic E-state index is 12.4. The molecule has 0 unspecified atom stereocenters. The maximum absolute atomic E-state index is 12.4. The average molecular weight is 492 g/mol. The van der Waals surface area contributed by atoms with Crippen LogP contribution in [0.2, 0.25) is 10.0 Å². The molecule has 13 heteroatoms. The number of nitrogens with one attached hydrogen (secondary N) is 1. The first-order valence-electron chi connectivity index (χ1n) is 8.13. The van der Waals surface area contributed by atoms with Gasteiger partial charge in [0.2, 0.25) is 0 Å². The second-order valence-corrected chi connectivity index (χ2v) is 8.54. The van der Waals surface area contributed by atoms with Crippen LogP contribution in [0, 0.1) is 0 Å². The Bertz CT molecular complexity index is 953. The minimum atomic E-state index is -4.73. The number of hydrogen-bond acceptors (Lipinski definition) is 5. The van der Waals surface area contributed by atoms with Gasteiger partial charge in [-0.2, -0.15) is 0 Å². The van der Waals surface area contributed by atoms with Gasteiger partial charge in [0.1, 0.15) is 6.73 Å². The van der Waals surface area contributed by atoms with Crippen molar-refractivity contribution in [3.8, 4) is 0 Å². The summed E-state index contributed by atoms with van der Waals surface area (Å²) in [6, 6.07) is 12.1. The molecule has 0 spiro atoms. The van der Waals surface area contributed by atoms with Gasteiger partial charge in [-0.25, -0.2) is 14.4 Å². The van der Waals surface area contributed by atoms with E-state index in [1.54, 1.807) is 36.4 Å². The minimum absolute atomic E-state index is 0.0880. The van der Waals surface area contributed by atoms with Crippen LogP contribution in [0.15, 0.2) is 53.5 Å². The quantitative estimate of drug-likeness (QED) is 0.167.